The molecule has 0 bridgehead atoms. The number of rotatable bonds is 1. The first-order valence-electron chi connectivity index (χ1n) is 5.10. The van der Waals surface area contributed by atoms with Crippen LogP contribution in [0.25, 0.3) is 10.9 Å². The summed E-state index contributed by atoms with van der Waals surface area (Å²) in [4.78, 5) is 21.5. The number of nitrogens with one attached hydrogen (secondary N) is 1. The Balaban J connectivity index is 2.34. The van der Waals surface area contributed by atoms with Crippen molar-refractivity contribution in [1.29, 1.82) is 5.26 Å². The fourth-order valence-corrected chi connectivity index (χ4v) is 2.38. The van der Waals surface area contributed by atoms with Gasteiger partial charge in [0.15, 0.2) is 5.82 Å². The molecule has 2 aromatic rings. The summed E-state index contributed by atoms with van der Waals surface area (Å²) in [7, 11) is 0. The molecule has 0 saturated heterocycles. The van der Waals surface area contributed by atoms with Crippen LogP contribution in [0, 0.1) is 11.3 Å². The lowest BCUT2D eigenvalue weighted by Gasteiger charge is -2.26. The minimum absolute atomic E-state index is 0.0482. The van der Waals surface area contributed by atoms with Crippen molar-refractivity contribution in [2.75, 3.05) is 16.8 Å². The molecule has 2 heterocycles. The Morgan fingerprint density at radius 1 is 1.44 bits per heavy atom. The van der Waals surface area contributed by atoms with Crippen molar-refractivity contribution in [3.8, 4) is 6.07 Å². The van der Waals surface area contributed by atoms with E-state index in [0.717, 1.165) is 9.86 Å². The van der Waals surface area contributed by atoms with Crippen molar-refractivity contribution in [2.24, 2.45) is 0 Å². The van der Waals surface area contributed by atoms with E-state index < -0.39 is 0 Å². The molecule has 2 amide bonds. The number of carbonyl (C=O) groups is 1. The maximum atomic E-state index is 11.9. The molecule has 1 aliphatic heterocycles. The predicted molar refractivity (Wildman–Crippen MR) is 69.2 cm³/mol. The summed E-state index contributed by atoms with van der Waals surface area (Å²) in [5.74, 6) is 0.466. The van der Waals surface area contributed by atoms with Gasteiger partial charge in [-0.05, 0) is 12.1 Å². The van der Waals surface area contributed by atoms with Crippen LogP contribution in [0.3, 0.4) is 0 Å². The molecule has 7 heteroatoms. The topological polar surface area (TPSA) is 81.9 Å². The number of urea groups is 1. The predicted octanol–water partition coefficient (Wildman–Crippen LogP) is 2.27. The van der Waals surface area contributed by atoms with E-state index >= 15 is 0 Å². The minimum atomic E-state index is -0.359. The molecular weight excluding hydrogens is 298 g/mol. The molecule has 0 fully saturated rings. The van der Waals surface area contributed by atoms with Gasteiger partial charge in [-0.2, -0.15) is 5.26 Å². The largest absolute Gasteiger partial charge is 0.328 e. The number of amides is 2. The number of nitrogens with zero attached hydrogens (tertiary/aromatic N) is 4. The van der Waals surface area contributed by atoms with Gasteiger partial charge in [0, 0.05) is 4.47 Å². The summed E-state index contributed by atoms with van der Waals surface area (Å²) in [5.41, 5.74) is 1.36. The summed E-state index contributed by atoms with van der Waals surface area (Å²) in [6.07, 6.45) is 1.39. The zero-order chi connectivity index (χ0) is 12.7. The number of benzene rings is 1. The highest BCUT2D eigenvalue weighted by Crippen LogP contribution is 2.36. The van der Waals surface area contributed by atoms with E-state index in [4.69, 9.17) is 5.26 Å². The number of aromatic nitrogens is 2. The monoisotopic (exact) mass is 303 g/mol. The molecule has 0 spiro atoms. The molecule has 1 aromatic heterocycles. The zero-order valence-corrected chi connectivity index (χ0v) is 10.6. The fourth-order valence-electron chi connectivity index (χ4n) is 1.94. The van der Waals surface area contributed by atoms with Gasteiger partial charge in [0.1, 0.15) is 12.9 Å². The van der Waals surface area contributed by atoms with Gasteiger partial charge in [-0.15, -0.1) is 0 Å². The van der Waals surface area contributed by atoms with Gasteiger partial charge in [-0.1, -0.05) is 15.9 Å². The van der Waals surface area contributed by atoms with E-state index in [0.29, 0.717) is 17.0 Å². The minimum Gasteiger partial charge on any atom is -0.307 e. The SMILES string of the molecule is N#CCN1C(=O)Nc2cc(Br)cc3ncnc1c23. The van der Waals surface area contributed by atoms with Crippen LogP contribution in [0.15, 0.2) is 22.9 Å². The van der Waals surface area contributed by atoms with Crippen molar-refractivity contribution in [1.82, 2.24) is 9.97 Å². The van der Waals surface area contributed by atoms with Gasteiger partial charge in [-0.25, -0.2) is 14.8 Å². The molecule has 0 unspecified atom stereocenters. The van der Waals surface area contributed by atoms with Crippen LogP contribution in [0.1, 0.15) is 0 Å². The zero-order valence-electron chi connectivity index (χ0n) is 9.01. The van der Waals surface area contributed by atoms with Crippen molar-refractivity contribution >= 4 is 44.4 Å². The van der Waals surface area contributed by atoms with E-state index in [1.54, 1.807) is 6.07 Å². The molecule has 0 radical (unpaired) electrons. The Labute approximate surface area is 110 Å². The van der Waals surface area contributed by atoms with Crippen LogP contribution in [-0.4, -0.2) is 22.5 Å². The average molecular weight is 304 g/mol. The molecule has 1 aromatic carbocycles. The third kappa shape index (κ3) is 1.50. The van der Waals surface area contributed by atoms with Gasteiger partial charge in [0.2, 0.25) is 0 Å². The Hall–Kier alpha value is -2.20. The summed E-state index contributed by atoms with van der Waals surface area (Å²) < 4.78 is 0.823. The highest BCUT2D eigenvalue weighted by Gasteiger charge is 2.27. The number of hydrogen-bond donors (Lipinski definition) is 1. The van der Waals surface area contributed by atoms with Gasteiger partial charge in [0.25, 0.3) is 0 Å². The summed E-state index contributed by atoms with van der Waals surface area (Å²) in [5, 5.41) is 12.2. The van der Waals surface area contributed by atoms with Crippen LogP contribution in [-0.2, 0) is 0 Å². The quantitative estimate of drug-likeness (QED) is 0.819. The molecular formula is C11H6BrN5O. The van der Waals surface area contributed by atoms with E-state index in [1.807, 2.05) is 12.1 Å². The molecule has 18 heavy (non-hydrogen) atoms. The first-order chi connectivity index (χ1) is 8.70. The Bertz CT molecular complexity index is 708. The van der Waals surface area contributed by atoms with Crippen LogP contribution < -0.4 is 10.2 Å². The number of carbonyl (C=O) groups excluding carboxylic acids is 1. The molecule has 1 aliphatic rings. The van der Waals surface area contributed by atoms with Crippen molar-refractivity contribution in [3.63, 3.8) is 0 Å². The maximum Gasteiger partial charge on any atom is 0.328 e. The lowest BCUT2D eigenvalue weighted by molar-refractivity contribution is 0.257. The second-order valence-electron chi connectivity index (χ2n) is 3.72. The Morgan fingerprint density at radius 2 is 2.28 bits per heavy atom. The van der Waals surface area contributed by atoms with Crippen LogP contribution >= 0.6 is 15.9 Å². The van der Waals surface area contributed by atoms with Gasteiger partial charge < -0.3 is 5.32 Å². The summed E-state index contributed by atoms with van der Waals surface area (Å²) >= 11 is 3.36. The first kappa shape index (κ1) is 10.9. The maximum absolute atomic E-state index is 11.9. The highest BCUT2D eigenvalue weighted by molar-refractivity contribution is 9.10. The normalized spacial score (nSPS) is 13.3. The van der Waals surface area contributed by atoms with Gasteiger partial charge in [0.05, 0.1) is 22.7 Å². The van der Waals surface area contributed by atoms with E-state index in [2.05, 4.69) is 31.2 Å². The van der Waals surface area contributed by atoms with E-state index in [-0.39, 0.29) is 12.6 Å². The molecule has 88 valence electrons. The van der Waals surface area contributed by atoms with E-state index in [1.165, 1.54) is 11.2 Å². The number of nitriles is 1. The lowest BCUT2D eigenvalue weighted by Crippen LogP contribution is -2.38. The number of halogens is 1. The molecule has 1 N–H and O–H groups in total. The van der Waals surface area contributed by atoms with Crippen LogP contribution in [0.5, 0.6) is 0 Å². The first-order valence-corrected chi connectivity index (χ1v) is 5.90. The van der Waals surface area contributed by atoms with Crippen molar-refractivity contribution in [2.45, 2.75) is 0 Å². The fraction of sp³-hybridized carbons (Fsp3) is 0.0909. The molecule has 3 rings (SSSR count). The highest BCUT2D eigenvalue weighted by atomic mass is 79.9. The smallest absolute Gasteiger partial charge is 0.307 e. The second kappa shape index (κ2) is 3.92. The Morgan fingerprint density at radius 3 is 3.06 bits per heavy atom. The molecule has 6 nitrogen and oxygen atoms in total. The Kier molecular flexibility index (Phi) is 2.38. The standard InChI is InChI=1S/C11H6BrN5O/c12-6-3-7-9-8(4-6)16-11(18)17(2-1-13)10(9)15-5-14-7/h3-5H,2H2,(H,16,18). The molecule has 0 aliphatic carbocycles. The van der Waals surface area contributed by atoms with Gasteiger partial charge in [-0.3, -0.25) is 4.90 Å². The van der Waals surface area contributed by atoms with Crippen LogP contribution in [0.2, 0.25) is 0 Å². The second-order valence-corrected chi connectivity index (χ2v) is 4.63. The summed E-state index contributed by atoms with van der Waals surface area (Å²) in [6, 6.07) is 5.22. The molecule has 0 atom stereocenters. The molecule has 0 saturated carbocycles. The third-order valence-electron chi connectivity index (χ3n) is 2.65. The average Bonchev–Trinajstić information content (AvgIpc) is 2.33. The van der Waals surface area contributed by atoms with Crippen molar-refractivity contribution in [3.05, 3.63) is 22.9 Å². The van der Waals surface area contributed by atoms with Crippen LogP contribution in [0.4, 0.5) is 16.3 Å². The third-order valence-corrected chi connectivity index (χ3v) is 3.11. The van der Waals surface area contributed by atoms with Crippen molar-refractivity contribution < 1.29 is 4.79 Å². The summed E-state index contributed by atoms with van der Waals surface area (Å²) in [6.45, 7) is -0.0482. The van der Waals surface area contributed by atoms with E-state index in [9.17, 15) is 4.79 Å². The van der Waals surface area contributed by atoms with Gasteiger partial charge >= 0.3 is 6.03 Å². The number of hydrogen-bond acceptors (Lipinski definition) is 4. The number of anilines is 2. The lowest BCUT2D eigenvalue weighted by atomic mass is 10.1.